The van der Waals surface area contributed by atoms with Gasteiger partial charge in [0.05, 0.1) is 14.2 Å². The topological polar surface area (TPSA) is 55.8 Å². The molecule has 0 atom stereocenters. The van der Waals surface area contributed by atoms with Crippen LogP contribution in [-0.2, 0) is 13.8 Å². The average Bonchev–Trinajstić information content (AvgIpc) is 2.18. The smallest absolute Gasteiger partial charge is 0.295 e. The number of Topliss-reactive ketones (excluding diaryl/α,β-unsaturated/α-hetero) is 1. The largest absolute Gasteiger partial charge is 0.416 e. The summed E-state index contributed by atoms with van der Waals surface area (Å²) in [6, 6.07) is 0. The molecule has 0 unspecified atom stereocenters. The number of unbranched alkanes of at least 4 members (excludes halogenated alkanes) is 2. The molecule has 5 heteroatoms. The number of hydrogen-bond acceptors (Lipinski definition) is 4. The van der Waals surface area contributed by atoms with Gasteiger partial charge in [-0.1, -0.05) is 19.8 Å². The molecule has 0 saturated heterocycles. The zero-order chi connectivity index (χ0) is 11.0. The zero-order valence-corrected chi connectivity index (χ0v) is 10.0. The van der Waals surface area contributed by atoms with Gasteiger partial charge in [0.2, 0.25) is 0 Å². The van der Waals surface area contributed by atoms with Crippen LogP contribution >= 0.6 is 7.94 Å². The van der Waals surface area contributed by atoms with E-state index in [0.717, 1.165) is 19.3 Å². The van der Waals surface area contributed by atoms with Gasteiger partial charge >= 0.3 is 7.94 Å². The summed E-state index contributed by atoms with van der Waals surface area (Å²) >= 11 is 0. The van der Waals surface area contributed by atoms with Crippen molar-refractivity contribution in [2.24, 2.45) is 0 Å². The third-order valence-corrected chi connectivity index (χ3v) is 3.90. The third kappa shape index (κ3) is 5.66. The van der Waals surface area contributed by atoms with E-state index in [1.807, 2.05) is 0 Å². The van der Waals surface area contributed by atoms with Gasteiger partial charge in [0.1, 0.15) is 0 Å². The number of carbonyl (C=O) groups is 1. The third-order valence-electron chi connectivity index (χ3n) is 2.01. The van der Waals surface area contributed by atoms with Crippen LogP contribution in [0.2, 0.25) is 0 Å². The normalized spacial score (nSPS) is 11.7. The van der Waals surface area contributed by atoms with Gasteiger partial charge in [-0.15, -0.1) is 0 Å². The Morgan fingerprint density at radius 1 is 1.29 bits per heavy atom. The van der Waals surface area contributed by atoms with Crippen LogP contribution in [0.1, 0.15) is 32.6 Å². The van der Waals surface area contributed by atoms with Crippen LogP contribution in [0.4, 0.5) is 0 Å². The molecule has 4 nitrogen and oxygen atoms in total. The molecule has 0 aromatic rings. The van der Waals surface area contributed by atoms with Crippen molar-refractivity contribution in [2.45, 2.75) is 32.6 Å². The highest BCUT2D eigenvalue weighted by atomic mass is 31.2. The molecule has 0 aliphatic heterocycles. The molecule has 0 spiro atoms. The molecule has 0 amide bonds. The van der Waals surface area contributed by atoms with Gasteiger partial charge in [-0.05, 0) is 6.42 Å². The van der Waals surface area contributed by atoms with E-state index < -0.39 is 7.94 Å². The Hall–Kier alpha value is -0.0200. The Bertz CT molecular complexity index is 168. The number of hydrogen-bond donors (Lipinski definition) is 1. The first-order valence-corrected chi connectivity index (χ1v) is 6.58. The highest BCUT2D eigenvalue weighted by Crippen LogP contribution is 2.55. The summed E-state index contributed by atoms with van der Waals surface area (Å²) in [6.07, 6.45) is 3.51. The minimum atomic E-state index is -2.89. The Labute approximate surface area is 86.2 Å². The van der Waals surface area contributed by atoms with Crippen molar-refractivity contribution < 1.29 is 18.7 Å². The van der Waals surface area contributed by atoms with Gasteiger partial charge in [-0.25, -0.2) is 0 Å². The Balaban J connectivity index is 3.80. The second-order valence-electron chi connectivity index (χ2n) is 3.16. The number of carbonyl (C=O) groups excluding carboxylic acids is 1. The lowest BCUT2D eigenvalue weighted by Crippen LogP contribution is -2.11. The van der Waals surface area contributed by atoms with Crippen molar-refractivity contribution in [1.82, 2.24) is 0 Å². The predicted molar refractivity (Wildman–Crippen MR) is 57.2 cm³/mol. The van der Waals surface area contributed by atoms with E-state index in [1.54, 1.807) is 0 Å². The van der Waals surface area contributed by atoms with E-state index in [1.165, 1.54) is 14.2 Å². The lowest BCUT2D eigenvalue weighted by Gasteiger charge is -2.11. The molecule has 0 bridgehead atoms. The summed E-state index contributed by atoms with van der Waals surface area (Å²) in [6.45, 7) is 2.08. The molecule has 0 aromatic carbocycles. The first kappa shape index (κ1) is 14.0. The van der Waals surface area contributed by atoms with Gasteiger partial charge < -0.3 is 0 Å². The second-order valence-corrected chi connectivity index (χ2v) is 5.48. The monoisotopic (exact) mass is 223 g/mol. The fourth-order valence-corrected chi connectivity index (χ4v) is 2.09. The summed E-state index contributed by atoms with van der Waals surface area (Å²) < 4.78 is 9.58. The van der Waals surface area contributed by atoms with Gasteiger partial charge in [0.15, 0.2) is 11.9 Å². The van der Waals surface area contributed by atoms with E-state index >= 15 is 0 Å². The fraction of sp³-hybridized carbons (Fsp3) is 0.889. The molecule has 1 N–H and O–H groups in total. The van der Waals surface area contributed by atoms with E-state index in [2.05, 4.69) is 6.92 Å². The fourth-order valence-electron chi connectivity index (χ4n) is 1.08. The van der Waals surface area contributed by atoms with Gasteiger partial charge in [0, 0.05) is 6.42 Å². The maximum Gasteiger partial charge on any atom is 0.416 e. The SMILES string of the molecule is CCCCCC(=O)C[P+](O)(OC)OC. The lowest BCUT2D eigenvalue weighted by atomic mass is 10.2. The van der Waals surface area contributed by atoms with Crippen molar-refractivity contribution in [2.75, 3.05) is 20.4 Å². The molecule has 0 rings (SSSR count). The summed E-state index contributed by atoms with van der Waals surface area (Å²) in [4.78, 5) is 21.0. The number of rotatable bonds is 8. The first-order valence-electron chi connectivity index (χ1n) is 4.82. The molecular weight excluding hydrogens is 203 g/mol. The predicted octanol–water partition coefficient (Wildman–Crippen LogP) is 2.18. The van der Waals surface area contributed by atoms with Crippen molar-refractivity contribution in [3.05, 3.63) is 0 Å². The Morgan fingerprint density at radius 3 is 2.29 bits per heavy atom. The Morgan fingerprint density at radius 2 is 1.86 bits per heavy atom. The van der Waals surface area contributed by atoms with Crippen molar-refractivity contribution >= 4 is 13.7 Å². The van der Waals surface area contributed by atoms with Gasteiger partial charge in [-0.2, -0.15) is 13.9 Å². The van der Waals surface area contributed by atoms with Crippen LogP contribution in [0.5, 0.6) is 0 Å². The van der Waals surface area contributed by atoms with Crippen LogP contribution in [0.15, 0.2) is 0 Å². The average molecular weight is 223 g/mol. The van der Waals surface area contributed by atoms with E-state index in [0.29, 0.717) is 6.42 Å². The zero-order valence-electron chi connectivity index (χ0n) is 9.15. The lowest BCUT2D eigenvalue weighted by molar-refractivity contribution is -0.117. The summed E-state index contributed by atoms with van der Waals surface area (Å²) in [5, 5.41) is 0. The summed E-state index contributed by atoms with van der Waals surface area (Å²) in [7, 11) is -0.170. The molecule has 0 heterocycles. The molecule has 0 aliphatic rings. The maximum absolute atomic E-state index is 11.4. The number of ketones is 1. The molecule has 0 saturated carbocycles. The summed E-state index contributed by atoms with van der Waals surface area (Å²) in [5.74, 6) is 0.0120. The van der Waals surface area contributed by atoms with Crippen LogP contribution in [0.3, 0.4) is 0 Å². The minimum absolute atomic E-state index is 0.00368. The molecule has 0 radical (unpaired) electrons. The van der Waals surface area contributed by atoms with Crippen molar-refractivity contribution in [3.63, 3.8) is 0 Å². The molecule has 14 heavy (non-hydrogen) atoms. The van der Waals surface area contributed by atoms with Crippen molar-refractivity contribution in [3.8, 4) is 0 Å². The molecule has 0 fully saturated rings. The standard InChI is InChI=1S/C9H20O4P/c1-4-5-6-7-9(10)8-14(11,12-2)13-3/h11H,4-8H2,1-3H3/q+1. The van der Waals surface area contributed by atoms with Crippen LogP contribution in [0.25, 0.3) is 0 Å². The molecule has 0 aliphatic carbocycles. The maximum atomic E-state index is 11.4. The first-order chi connectivity index (χ1) is 6.58. The van der Waals surface area contributed by atoms with E-state index in [-0.39, 0.29) is 11.9 Å². The summed E-state index contributed by atoms with van der Waals surface area (Å²) in [5.41, 5.74) is 0. The van der Waals surface area contributed by atoms with Crippen molar-refractivity contribution in [1.29, 1.82) is 0 Å². The van der Waals surface area contributed by atoms with Crippen LogP contribution in [0, 0.1) is 0 Å². The highest BCUT2D eigenvalue weighted by molar-refractivity contribution is 7.61. The van der Waals surface area contributed by atoms with Gasteiger partial charge in [-0.3, -0.25) is 4.79 Å². The second kappa shape index (κ2) is 7.30. The Kier molecular flexibility index (Phi) is 7.28. The molecular formula is C9H20O4P+. The van der Waals surface area contributed by atoms with Crippen LogP contribution in [-0.4, -0.2) is 31.1 Å². The van der Waals surface area contributed by atoms with E-state index in [9.17, 15) is 9.69 Å². The minimum Gasteiger partial charge on any atom is -0.295 e. The van der Waals surface area contributed by atoms with Gasteiger partial charge in [0.25, 0.3) is 0 Å². The van der Waals surface area contributed by atoms with Crippen LogP contribution < -0.4 is 0 Å². The highest BCUT2D eigenvalue weighted by Gasteiger charge is 2.40. The quantitative estimate of drug-likeness (QED) is 0.506. The van der Waals surface area contributed by atoms with E-state index in [4.69, 9.17) is 9.05 Å². The molecule has 0 aromatic heterocycles. The molecule has 84 valence electrons.